The van der Waals surface area contributed by atoms with Crippen molar-refractivity contribution in [2.24, 2.45) is 0 Å². The lowest BCUT2D eigenvalue weighted by atomic mass is 10.1. The first kappa shape index (κ1) is 13.8. The summed E-state index contributed by atoms with van der Waals surface area (Å²) in [7, 11) is 1.35. The van der Waals surface area contributed by atoms with E-state index in [2.05, 4.69) is 15.9 Å². The van der Waals surface area contributed by atoms with Crippen LogP contribution in [0.15, 0.2) is 28.9 Å². The highest BCUT2D eigenvalue weighted by molar-refractivity contribution is 9.10. The summed E-state index contributed by atoms with van der Waals surface area (Å²) in [4.78, 5) is 23.3. The number of methoxy groups -OCH3 is 1. The van der Waals surface area contributed by atoms with Gasteiger partial charge in [-0.1, -0.05) is 15.9 Å². The molecule has 1 aromatic carbocycles. The first-order valence-electron chi connectivity index (χ1n) is 5.84. The normalized spacial score (nSPS) is 12.4. The maximum Gasteiger partial charge on any atom is 0.338 e. The Labute approximate surface area is 119 Å². The van der Waals surface area contributed by atoms with Gasteiger partial charge in [0.15, 0.2) is 5.78 Å². The second-order valence-corrected chi connectivity index (χ2v) is 5.30. The third kappa shape index (κ3) is 2.42. The van der Waals surface area contributed by atoms with E-state index >= 15 is 0 Å². The molecule has 1 unspecified atom stereocenters. The number of hydrogen-bond acceptors (Lipinski definition) is 3. The Kier molecular flexibility index (Phi) is 3.75. The number of ketones is 1. The van der Waals surface area contributed by atoms with E-state index in [9.17, 15) is 9.59 Å². The molecule has 0 aliphatic carbocycles. The number of benzene rings is 1. The SMILES string of the molecule is COC(=O)c1cc(Br)cc2c1ccn2C(C)C(C)=O. The van der Waals surface area contributed by atoms with Crippen LogP contribution in [0, 0.1) is 0 Å². The summed E-state index contributed by atoms with van der Waals surface area (Å²) in [6.45, 7) is 3.39. The molecule has 2 aromatic rings. The summed E-state index contributed by atoms with van der Waals surface area (Å²) >= 11 is 3.38. The number of esters is 1. The van der Waals surface area contributed by atoms with Gasteiger partial charge in [-0.25, -0.2) is 4.79 Å². The lowest BCUT2D eigenvalue weighted by Crippen LogP contribution is -2.12. The van der Waals surface area contributed by atoms with Gasteiger partial charge in [0.1, 0.15) is 0 Å². The maximum atomic E-state index is 11.8. The van der Waals surface area contributed by atoms with E-state index in [0.29, 0.717) is 5.56 Å². The lowest BCUT2D eigenvalue weighted by Gasteiger charge is -2.12. The minimum Gasteiger partial charge on any atom is -0.465 e. The summed E-state index contributed by atoms with van der Waals surface area (Å²) in [6.07, 6.45) is 1.82. The number of hydrogen-bond donors (Lipinski definition) is 0. The van der Waals surface area contributed by atoms with Crippen LogP contribution in [0.5, 0.6) is 0 Å². The van der Waals surface area contributed by atoms with Gasteiger partial charge in [0.2, 0.25) is 0 Å². The predicted octanol–water partition coefficient (Wildman–Crippen LogP) is 3.34. The smallest absolute Gasteiger partial charge is 0.338 e. The molecule has 4 nitrogen and oxygen atoms in total. The van der Waals surface area contributed by atoms with Gasteiger partial charge in [0.05, 0.1) is 24.2 Å². The monoisotopic (exact) mass is 323 g/mol. The molecule has 0 bridgehead atoms. The van der Waals surface area contributed by atoms with Crippen LogP contribution in [-0.4, -0.2) is 23.4 Å². The summed E-state index contributed by atoms with van der Waals surface area (Å²) in [5.74, 6) is -0.323. The topological polar surface area (TPSA) is 48.3 Å². The second kappa shape index (κ2) is 5.17. The Morgan fingerprint density at radius 2 is 2.05 bits per heavy atom. The van der Waals surface area contributed by atoms with Crippen LogP contribution in [-0.2, 0) is 9.53 Å². The molecule has 0 N–H and O–H groups in total. The van der Waals surface area contributed by atoms with Crippen molar-refractivity contribution in [3.05, 3.63) is 34.4 Å². The molecule has 0 aliphatic rings. The van der Waals surface area contributed by atoms with Gasteiger partial charge in [0.25, 0.3) is 0 Å². The number of fused-ring (bicyclic) bond motifs is 1. The number of Topliss-reactive ketones (excluding diaryl/α,β-unsaturated/α-hetero) is 1. The molecular formula is C14H14BrNO3. The third-order valence-corrected chi connectivity index (χ3v) is 3.67. The van der Waals surface area contributed by atoms with E-state index in [-0.39, 0.29) is 17.8 Å². The average Bonchev–Trinajstić information content (AvgIpc) is 2.79. The molecule has 0 spiro atoms. The van der Waals surface area contributed by atoms with Gasteiger partial charge in [0, 0.05) is 16.1 Å². The van der Waals surface area contributed by atoms with E-state index in [4.69, 9.17) is 4.74 Å². The Balaban J connectivity index is 2.70. The van der Waals surface area contributed by atoms with E-state index in [1.165, 1.54) is 7.11 Å². The van der Waals surface area contributed by atoms with Gasteiger partial charge in [-0.2, -0.15) is 0 Å². The van der Waals surface area contributed by atoms with Crippen LogP contribution in [0.1, 0.15) is 30.2 Å². The second-order valence-electron chi connectivity index (χ2n) is 4.39. The summed E-state index contributed by atoms with van der Waals surface area (Å²) < 4.78 is 7.41. The maximum absolute atomic E-state index is 11.8. The van der Waals surface area contributed by atoms with Crippen molar-refractivity contribution in [3.63, 3.8) is 0 Å². The van der Waals surface area contributed by atoms with Gasteiger partial charge >= 0.3 is 5.97 Å². The standard InChI is InChI=1S/C14H14BrNO3/c1-8(9(2)17)16-5-4-11-12(14(18)19-3)6-10(15)7-13(11)16/h4-8H,1-3H3. The van der Waals surface area contributed by atoms with Crippen molar-refractivity contribution in [2.75, 3.05) is 7.11 Å². The van der Waals surface area contributed by atoms with Crippen LogP contribution >= 0.6 is 15.9 Å². The Morgan fingerprint density at radius 3 is 2.63 bits per heavy atom. The molecule has 1 heterocycles. The molecule has 19 heavy (non-hydrogen) atoms. The van der Waals surface area contributed by atoms with Gasteiger partial charge < -0.3 is 9.30 Å². The predicted molar refractivity (Wildman–Crippen MR) is 76.4 cm³/mol. The Morgan fingerprint density at radius 1 is 1.37 bits per heavy atom. The zero-order valence-corrected chi connectivity index (χ0v) is 12.5. The van der Waals surface area contributed by atoms with Gasteiger partial charge in [-0.3, -0.25) is 4.79 Å². The molecule has 1 aromatic heterocycles. The number of aromatic nitrogens is 1. The van der Waals surface area contributed by atoms with E-state index < -0.39 is 0 Å². The zero-order chi connectivity index (χ0) is 14.2. The summed E-state index contributed by atoms with van der Waals surface area (Å²) in [5.41, 5.74) is 1.32. The number of nitrogens with zero attached hydrogens (tertiary/aromatic N) is 1. The van der Waals surface area contributed by atoms with Crippen molar-refractivity contribution in [3.8, 4) is 0 Å². The first-order chi connectivity index (χ1) is 8.95. The van der Waals surface area contributed by atoms with Crippen LogP contribution in [0.4, 0.5) is 0 Å². The van der Waals surface area contributed by atoms with Crippen LogP contribution < -0.4 is 0 Å². The molecule has 0 aliphatic heterocycles. The van der Waals surface area contributed by atoms with Crippen molar-refractivity contribution in [2.45, 2.75) is 19.9 Å². The van der Waals surface area contributed by atoms with Crippen molar-refractivity contribution < 1.29 is 14.3 Å². The first-order valence-corrected chi connectivity index (χ1v) is 6.64. The number of carbonyl (C=O) groups is 2. The third-order valence-electron chi connectivity index (χ3n) is 3.21. The van der Waals surface area contributed by atoms with Crippen LogP contribution in [0.2, 0.25) is 0 Å². The lowest BCUT2D eigenvalue weighted by molar-refractivity contribution is -0.119. The van der Waals surface area contributed by atoms with Crippen molar-refractivity contribution >= 4 is 38.6 Å². The molecule has 5 heteroatoms. The fourth-order valence-corrected chi connectivity index (χ4v) is 2.49. The number of rotatable bonds is 3. The quantitative estimate of drug-likeness (QED) is 0.814. The van der Waals surface area contributed by atoms with Crippen molar-refractivity contribution in [1.29, 1.82) is 0 Å². The Bertz CT molecular complexity index is 660. The largest absolute Gasteiger partial charge is 0.465 e. The highest BCUT2D eigenvalue weighted by atomic mass is 79.9. The fraction of sp³-hybridized carbons (Fsp3) is 0.286. The van der Waals surface area contributed by atoms with E-state index in [0.717, 1.165) is 15.4 Å². The van der Waals surface area contributed by atoms with E-state index in [1.54, 1.807) is 13.0 Å². The number of ether oxygens (including phenoxy) is 1. The summed E-state index contributed by atoms with van der Waals surface area (Å²) in [6, 6.07) is 5.17. The molecule has 0 saturated carbocycles. The molecule has 0 saturated heterocycles. The Hall–Kier alpha value is -1.62. The van der Waals surface area contributed by atoms with Crippen LogP contribution in [0.3, 0.4) is 0 Å². The number of halogens is 1. The molecule has 2 rings (SSSR count). The average molecular weight is 324 g/mol. The summed E-state index contributed by atoms with van der Waals surface area (Å²) in [5, 5.41) is 0.781. The van der Waals surface area contributed by atoms with Gasteiger partial charge in [-0.05, 0) is 32.0 Å². The number of carbonyl (C=O) groups excluding carboxylic acids is 2. The highest BCUT2D eigenvalue weighted by Gasteiger charge is 2.17. The van der Waals surface area contributed by atoms with E-state index in [1.807, 2.05) is 29.8 Å². The minimum absolute atomic E-state index is 0.0668. The fourth-order valence-electron chi connectivity index (χ4n) is 2.04. The molecule has 0 fully saturated rings. The van der Waals surface area contributed by atoms with Gasteiger partial charge in [-0.15, -0.1) is 0 Å². The molecular weight excluding hydrogens is 310 g/mol. The molecule has 100 valence electrons. The molecule has 1 atom stereocenters. The molecule has 0 radical (unpaired) electrons. The van der Waals surface area contributed by atoms with Crippen molar-refractivity contribution in [1.82, 2.24) is 4.57 Å². The highest BCUT2D eigenvalue weighted by Crippen LogP contribution is 2.28. The minimum atomic E-state index is -0.389. The van der Waals surface area contributed by atoms with Crippen LogP contribution in [0.25, 0.3) is 10.9 Å². The zero-order valence-electron chi connectivity index (χ0n) is 10.9. The molecule has 0 amide bonds.